The molecule has 1 saturated heterocycles. The molecule has 8 atom stereocenters. The molecule has 0 unspecified atom stereocenters. The highest BCUT2D eigenvalue weighted by Gasteiger charge is 2.58. The van der Waals surface area contributed by atoms with E-state index in [4.69, 9.17) is 18.9 Å². The molecule has 5 heterocycles. The maximum absolute atomic E-state index is 13.7. The number of phenolic OH excluding ortho intramolecular Hbond substituents is 2. The second kappa shape index (κ2) is 16.3. The number of aryl methyl sites for hydroxylation is 1. The molecule has 65 heavy (non-hydrogen) atoms. The first-order chi connectivity index (χ1) is 31.2. The monoisotopic (exact) mass is 891 g/mol. The van der Waals surface area contributed by atoms with Gasteiger partial charge in [0.25, 0.3) is 0 Å². The van der Waals surface area contributed by atoms with Crippen molar-refractivity contribution in [2.45, 2.75) is 93.9 Å². The van der Waals surface area contributed by atoms with E-state index in [1.807, 2.05) is 35.3 Å². The van der Waals surface area contributed by atoms with Gasteiger partial charge in [-0.25, -0.2) is 9.78 Å². The molecule has 16 nitrogen and oxygen atoms in total. The van der Waals surface area contributed by atoms with Crippen LogP contribution in [0.15, 0.2) is 88.5 Å². The van der Waals surface area contributed by atoms with Crippen molar-refractivity contribution < 1.29 is 59.5 Å². The quantitative estimate of drug-likeness (QED) is 0.0475. The van der Waals surface area contributed by atoms with Gasteiger partial charge in [0, 0.05) is 66.8 Å². The Bertz CT molecular complexity index is 2870. The summed E-state index contributed by atoms with van der Waals surface area (Å²) in [7, 11) is 0. The van der Waals surface area contributed by atoms with Crippen LogP contribution >= 0.6 is 0 Å². The van der Waals surface area contributed by atoms with E-state index in [0.29, 0.717) is 69.5 Å². The number of nitrogens with one attached hydrogen (secondary N) is 2. The van der Waals surface area contributed by atoms with Crippen molar-refractivity contribution in [1.29, 1.82) is 0 Å². The van der Waals surface area contributed by atoms with E-state index in [1.54, 1.807) is 13.0 Å². The van der Waals surface area contributed by atoms with Crippen LogP contribution in [-0.4, -0.2) is 107 Å². The molecule has 0 bridgehead atoms. The molecule has 0 radical (unpaired) electrons. The van der Waals surface area contributed by atoms with E-state index in [2.05, 4.69) is 16.4 Å². The summed E-state index contributed by atoms with van der Waals surface area (Å²) < 4.78 is 15.6. The number of aromatic nitrogens is 2. The molecule has 2 fully saturated rings. The standard InChI is InChI=1S/C49H53N3O13/c1-26-15-38(56)34-16-30-17-40(65-62-25-48(61,45(59)42(58)39(57)24-53)19-27-6-9-37(55)32-8-7-31(54)18-33(27)32)49(13-4-5-28(20-49)35-21-51-46(60)47(35)11-2-3-12-47)64-43(30)41(44(34)63-26)52-22-29-10-14-50-36(29)23-52/h4-10,14-16,18,22-23,28,35,39-40,42,45,50,53-55,57-59,61H,2-3,11-13,17,19-21,24-25H2,1H3,(H,51,60)/t28-,35+,39-,40-,42-,45+,48+,49-/m1/s1. The minimum atomic E-state index is -2.41. The zero-order chi connectivity index (χ0) is 45.4. The summed E-state index contributed by atoms with van der Waals surface area (Å²) in [5.74, 6) is 0.593. The molecule has 6 aromatic rings. The van der Waals surface area contributed by atoms with Gasteiger partial charge in [0.05, 0.1) is 22.9 Å². The van der Waals surface area contributed by atoms with Crippen molar-refractivity contribution in [3.63, 3.8) is 0 Å². The lowest BCUT2D eigenvalue weighted by atomic mass is 9.64. The van der Waals surface area contributed by atoms with Crippen molar-refractivity contribution in [2.24, 2.45) is 17.3 Å². The van der Waals surface area contributed by atoms with Crippen LogP contribution in [0, 0.1) is 24.2 Å². The lowest BCUT2D eigenvalue weighted by Crippen LogP contribution is -2.58. The van der Waals surface area contributed by atoms with E-state index < -0.39 is 60.7 Å². The fraction of sp³-hybridized carbons (Fsp3) is 0.429. The van der Waals surface area contributed by atoms with Gasteiger partial charge in [-0.1, -0.05) is 31.1 Å². The van der Waals surface area contributed by atoms with E-state index in [-0.39, 0.29) is 41.1 Å². The van der Waals surface area contributed by atoms with Crippen molar-refractivity contribution in [1.82, 2.24) is 14.9 Å². The van der Waals surface area contributed by atoms with Gasteiger partial charge in [-0.05, 0) is 85.4 Å². The second-order valence-electron chi connectivity index (χ2n) is 18.7. The fourth-order valence-electron chi connectivity index (χ4n) is 11.3. The molecular formula is C49H53N3O13. The third-order valence-corrected chi connectivity index (χ3v) is 14.7. The van der Waals surface area contributed by atoms with Gasteiger partial charge in [0.1, 0.15) is 65.2 Å². The predicted octanol–water partition coefficient (Wildman–Crippen LogP) is 4.25. The number of aromatic amines is 1. The number of benzene rings is 3. The molecule has 1 amide bonds. The summed E-state index contributed by atoms with van der Waals surface area (Å²) in [6.07, 6.45) is 6.91. The highest BCUT2D eigenvalue weighted by Crippen LogP contribution is 2.55. The van der Waals surface area contributed by atoms with Gasteiger partial charge in [-0.15, -0.1) is 0 Å². The minimum Gasteiger partial charge on any atom is -0.508 e. The highest BCUT2D eigenvalue weighted by atomic mass is 17.2. The predicted molar refractivity (Wildman–Crippen MR) is 237 cm³/mol. The number of hydrogen-bond acceptors (Lipinski definition) is 13. The van der Waals surface area contributed by atoms with Crippen molar-refractivity contribution >= 4 is 38.6 Å². The summed E-state index contributed by atoms with van der Waals surface area (Å²) >= 11 is 0. The third-order valence-electron chi connectivity index (χ3n) is 14.7. The first kappa shape index (κ1) is 43.2. The molecule has 3 aromatic heterocycles. The van der Waals surface area contributed by atoms with Gasteiger partial charge in [0.2, 0.25) is 5.91 Å². The normalized spacial score (nSPS) is 25.0. The smallest absolute Gasteiger partial charge is 0.226 e. The summed E-state index contributed by atoms with van der Waals surface area (Å²) in [4.78, 5) is 42.9. The van der Waals surface area contributed by atoms with Crippen molar-refractivity contribution in [3.8, 4) is 22.9 Å². The number of aliphatic hydroxyl groups excluding tert-OH is 4. The Morgan fingerprint density at radius 1 is 1.00 bits per heavy atom. The van der Waals surface area contributed by atoms with Gasteiger partial charge >= 0.3 is 0 Å². The number of aromatic hydroxyl groups is 2. The largest absolute Gasteiger partial charge is 0.508 e. The number of allylic oxidation sites excluding steroid dienone is 1. The molecule has 342 valence electrons. The molecule has 1 saturated carbocycles. The topological polar surface area (TPSA) is 249 Å². The van der Waals surface area contributed by atoms with Crippen LogP contribution in [0.2, 0.25) is 0 Å². The Balaban J connectivity index is 1.05. The van der Waals surface area contributed by atoms with Crippen LogP contribution < -0.4 is 15.5 Å². The lowest BCUT2D eigenvalue weighted by molar-refractivity contribution is -0.373. The number of ether oxygens (including phenoxy) is 1. The molecule has 4 aliphatic rings. The number of nitrogens with zero attached hydrogens (tertiary/aromatic N) is 1. The van der Waals surface area contributed by atoms with Crippen LogP contribution in [0.1, 0.15) is 55.4 Å². The Morgan fingerprint density at radius 3 is 2.60 bits per heavy atom. The molecular weight excluding hydrogens is 839 g/mol. The summed E-state index contributed by atoms with van der Waals surface area (Å²) in [6.45, 7) is 0.522. The number of rotatable bonds is 12. The molecule has 9 N–H and O–H groups in total. The van der Waals surface area contributed by atoms with Gasteiger partial charge in [-0.3, -0.25) is 9.59 Å². The van der Waals surface area contributed by atoms with Gasteiger partial charge in [-0.2, -0.15) is 0 Å². The zero-order valence-electron chi connectivity index (χ0n) is 35.8. The molecule has 2 aliphatic heterocycles. The van der Waals surface area contributed by atoms with Crippen LogP contribution in [-0.2, 0) is 27.4 Å². The SMILES string of the molecule is Cc1cc(=O)c2cc3c(c(-n4cc5cc[nH]c5c4)c2o1)O[C@@]1(CC=C[C@@H]([C@@H]2CNC(=O)C24CCCC4)C1)[C@H](OOC[C@@](O)(Cc1ccc(O)c2ccc(O)cc12)[C@@H](O)[C@H](O)[C@H](O)CO)C3. The van der Waals surface area contributed by atoms with E-state index in [1.165, 1.54) is 36.4 Å². The Hall–Kier alpha value is -5.72. The van der Waals surface area contributed by atoms with Gasteiger partial charge in [0.15, 0.2) is 16.8 Å². The van der Waals surface area contributed by atoms with Crippen molar-refractivity contribution in [2.75, 3.05) is 19.8 Å². The number of carbonyl (C=O) groups is 1. The number of aliphatic hydroxyl groups is 5. The van der Waals surface area contributed by atoms with Crippen LogP contribution in [0.4, 0.5) is 0 Å². The van der Waals surface area contributed by atoms with E-state index in [0.717, 1.165) is 36.6 Å². The summed E-state index contributed by atoms with van der Waals surface area (Å²) in [5, 5.41) is 81.1. The molecule has 2 spiro atoms. The number of hydrogen-bond donors (Lipinski definition) is 9. The van der Waals surface area contributed by atoms with E-state index >= 15 is 0 Å². The number of amides is 1. The number of H-pyrrole nitrogens is 1. The Morgan fingerprint density at radius 2 is 1.82 bits per heavy atom. The average molecular weight is 892 g/mol. The lowest BCUT2D eigenvalue weighted by Gasteiger charge is -2.48. The van der Waals surface area contributed by atoms with Gasteiger partial charge < -0.3 is 59.8 Å². The van der Waals surface area contributed by atoms with Crippen LogP contribution in [0.25, 0.3) is 38.3 Å². The fourth-order valence-corrected chi connectivity index (χ4v) is 11.3. The number of carbonyl (C=O) groups excluding carboxylic acids is 1. The van der Waals surface area contributed by atoms with Crippen LogP contribution in [0.5, 0.6) is 17.2 Å². The first-order valence-electron chi connectivity index (χ1n) is 22.2. The van der Waals surface area contributed by atoms with Crippen LogP contribution in [0.3, 0.4) is 0 Å². The molecule has 2 aliphatic carbocycles. The third kappa shape index (κ3) is 7.28. The van der Waals surface area contributed by atoms with E-state index in [9.17, 15) is 45.3 Å². The maximum Gasteiger partial charge on any atom is 0.226 e. The number of phenols is 2. The second-order valence-corrected chi connectivity index (χ2v) is 18.7. The Labute approximate surface area is 372 Å². The molecule has 16 heteroatoms. The summed E-state index contributed by atoms with van der Waals surface area (Å²) in [6, 6.07) is 12.3. The number of fused-ring (bicyclic) bond motifs is 4. The Kier molecular flexibility index (Phi) is 10.8. The maximum atomic E-state index is 13.7. The molecule has 3 aromatic carbocycles. The zero-order valence-corrected chi connectivity index (χ0v) is 35.8. The average Bonchev–Trinajstić information content (AvgIpc) is 4.10. The molecule has 10 rings (SSSR count). The summed E-state index contributed by atoms with van der Waals surface area (Å²) in [5.41, 5.74) is -1.66. The highest BCUT2D eigenvalue weighted by molar-refractivity contribution is 5.93. The minimum absolute atomic E-state index is 0.0289. The van der Waals surface area contributed by atoms with Crippen molar-refractivity contribution in [3.05, 3.63) is 106 Å². The first-order valence-corrected chi connectivity index (χ1v) is 22.2.